The van der Waals surface area contributed by atoms with Gasteiger partial charge in [-0.25, -0.2) is 9.59 Å². The number of rotatable bonds is 22. The Morgan fingerprint density at radius 3 is 1.21 bits per heavy atom. The second-order valence-corrected chi connectivity index (χ2v) is 34.9. The van der Waals surface area contributed by atoms with Crippen molar-refractivity contribution in [2.75, 3.05) is 62.3 Å². The lowest BCUT2D eigenvalue weighted by molar-refractivity contribution is -0.173. The van der Waals surface area contributed by atoms with Gasteiger partial charge in [-0.05, 0) is 225 Å². The van der Waals surface area contributed by atoms with Crippen LogP contribution in [0.4, 0.5) is 37.7 Å². The first-order chi connectivity index (χ1) is 53.8. The molecule has 0 fully saturated rings. The molecule has 22 nitrogen and oxygen atoms in total. The van der Waals surface area contributed by atoms with E-state index in [1.165, 1.54) is 38.1 Å². The van der Waals surface area contributed by atoms with Crippen LogP contribution in [0, 0.1) is 10.8 Å². The molecule has 2 spiro atoms. The molecule has 14 rings (SSSR count). The monoisotopic (exact) mass is 1660 g/mol. The van der Waals surface area contributed by atoms with Crippen molar-refractivity contribution in [1.29, 1.82) is 0 Å². The first-order valence-electron chi connectivity index (χ1n) is 37.9. The van der Waals surface area contributed by atoms with E-state index in [4.69, 9.17) is 60.7 Å². The molecule has 0 aliphatic carbocycles. The van der Waals surface area contributed by atoms with Crippen molar-refractivity contribution >= 4 is 108 Å². The van der Waals surface area contributed by atoms with Gasteiger partial charge in [0.05, 0.1) is 22.0 Å². The van der Waals surface area contributed by atoms with Crippen LogP contribution in [0.25, 0.3) is 0 Å². The number of nitrogens with one attached hydrogen (secondary N) is 2. The highest BCUT2D eigenvalue weighted by Crippen LogP contribution is 2.65. The van der Waals surface area contributed by atoms with Gasteiger partial charge in [-0.3, -0.25) is 19.2 Å². The molecule has 604 valence electrons. The summed E-state index contributed by atoms with van der Waals surface area (Å²) in [6, 6.07) is 16.6. The highest BCUT2D eigenvalue weighted by Gasteiger charge is 2.59. The van der Waals surface area contributed by atoms with E-state index in [-0.39, 0.29) is 144 Å². The van der Waals surface area contributed by atoms with E-state index in [1.807, 2.05) is 12.1 Å². The molecule has 2 amide bonds. The minimum Gasteiger partial charge on any atom is -0.454 e. The van der Waals surface area contributed by atoms with Crippen molar-refractivity contribution in [3.63, 3.8) is 0 Å². The van der Waals surface area contributed by atoms with Crippen LogP contribution in [0.3, 0.4) is 0 Å². The number of nitrogens with zero attached hydrogens (tertiary/aromatic N) is 2. The van der Waals surface area contributed by atoms with Gasteiger partial charge in [0.1, 0.15) is 46.3 Å². The second-order valence-electron chi connectivity index (χ2n) is 31.6. The zero-order chi connectivity index (χ0) is 82.1. The van der Waals surface area contributed by atoms with E-state index in [1.54, 1.807) is 76.4 Å². The fourth-order valence-corrected chi connectivity index (χ4v) is 18.1. The fourth-order valence-electron chi connectivity index (χ4n) is 15.7. The number of benzene rings is 6. The van der Waals surface area contributed by atoms with Crippen molar-refractivity contribution < 1.29 is 111 Å². The summed E-state index contributed by atoms with van der Waals surface area (Å²) in [5.41, 5.74) is 4.77. The van der Waals surface area contributed by atoms with E-state index in [0.29, 0.717) is 68.8 Å². The molecule has 8 aliphatic heterocycles. The molecule has 4 atom stereocenters. The van der Waals surface area contributed by atoms with E-state index in [2.05, 4.69) is 9.80 Å². The number of ketones is 2. The Kier molecular flexibility index (Phi) is 23.4. The van der Waals surface area contributed by atoms with E-state index >= 15 is 0 Å². The highest BCUT2D eigenvalue weighted by atomic mass is 35.5. The number of halogens is 8. The SMILES string of the molecule is CC(=O)CCc1cc2c(c(Cl)c1OC(=O)C(C)(C)C)Oc1c(cc3c4c1CCCN4CCC3)C21OC(=O)c2ccc([P+](=O)OCCCCNC(=O)C(F)(F)F)cc21.CC(=O)CCc1cc2c(c(Cl)c1OC(=O)C(C)(C)C)Oc1c(cc3c4c1CCCN4CCC3)C21OC(=O)c2ccc([P+](=O)OCCCCNC(=O)C(F)(F)F)cc21. The number of alkyl halides is 6. The molecule has 8 aliphatic rings. The number of hydrogen-bond donors (Lipinski definition) is 2. The molecule has 32 heteroatoms. The smallest absolute Gasteiger partial charge is 0.454 e. The molecule has 0 saturated heterocycles. The fraction of sp³-hybridized carbons (Fsp3) is 0.463. The Bertz CT molecular complexity index is 4750. The third kappa shape index (κ3) is 16.0. The van der Waals surface area contributed by atoms with Crippen LogP contribution in [-0.4, -0.2) is 112 Å². The van der Waals surface area contributed by atoms with Crippen LogP contribution >= 0.6 is 39.3 Å². The first-order valence-corrected chi connectivity index (χ1v) is 41.0. The van der Waals surface area contributed by atoms with Gasteiger partial charge in [0, 0.05) is 120 Å². The Balaban J connectivity index is 0.000000199. The molecular weight excluding hydrogens is 1580 g/mol. The summed E-state index contributed by atoms with van der Waals surface area (Å²) in [4.78, 5) is 106. The van der Waals surface area contributed by atoms with Crippen molar-refractivity contribution in [2.45, 2.75) is 182 Å². The molecule has 4 unspecified atom stereocenters. The largest absolute Gasteiger partial charge is 0.548 e. The Morgan fingerprint density at radius 2 is 0.860 bits per heavy atom. The van der Waals surface area contributed by atoms with Crippen LogP contribution in [0.1, 0.15) is 207 Å². The van der Waals surface area contributed by atoms with E-state index in [0.717, 1.165) is 98.3 Å². The van der Waals surface area contributed by atoms with Crippen molar-refractivity contribution in [2.24, 2.45) is 10.8 Å². The van der Waals surface area contributed by atoms with Gasteiger partial charge in [0.2, 0.25) is 10.6 Å². The van der Waals surface area contributed by atoms with Crippen molar-refractivity contribution in [3.8, 4) is 34.5 Å². The average Bonchev–Trinajstić information content (AvgIpc) is 1.40. The number of anilines is 2. The molecule has 0 bridgehead atoms. The first kappa shape index (κ1) is 82.9. The quantitative estimate of drug-likeness (QED) is 0.0210. The van der Waals surface area contributed by atoms with Crippen LogP contribution in [-0.2, 0) is 106 Å². The molecule has 0 radical (unpaired) electrons. The number of unbranched alkanes of at least 4 members (excludes halogenated alkanes) is 2. The van der Waals surface area contributed by atoms with Gasteiger partial charge in [-0.2, -0.15) is 26.3 Å². The number of fused-ring (bicyclic) bond motifs is 14. The predicted octanol–water partition coefficient (Wildman–Crippen LogP) is 15.8. The van der Waals surface area contributed by atoms with Gasteiger partial charge in [-0.15, -0.1) is 9.05 Å². The number of ether oxygens (including phenoxy) is 6. The molecule has 114 heavy (non-hydrogen) atoms. The Morgan fingerprint density at radius 1 is 0.500 bits per heavy atom. The third-order valence-corrected chi connectivity index (χ3v) is 24.2. The zero-order valence-electron chi connectivity index (χ0n) is 63.9. The van der Waals surface area contributed by atoms with E-state index < -0.39 is 86.1 Å². The van der Waals surface area contributed by atoms with Crippen LogP contribution in [0.15, 0.2) is 60.7 Å². The molecule has 6 aromatic rings. The molecule has 0 aromatic heterocycles. The summed E-state index contributed by atoms with van der Waals surface area (Å²) in [5, 5.41) is 3.98. The number of amides is 2. The van der Waals surface area contributed by atoms with Gasteiger partial charge >= 0.3 is 64.1 Å². The lowest BCUT2D eigenvalue weighted by Crippen LogP contribution is -2.38. The Hall–Kier alpha value is -9.04. The van der Waals surface area contributed by atoms with Gasteiger partial charge < -0.3 is 58.4 Å². The third-order valence-electron chi connectivity index (χ3n) is 21.2. The highest BCUT2D eigenvalue weighted by molar-refractivity contribution is 7.48. The maximum Gasteiger partial charge on any atom is 0.548 e. The van der Waals surface area contributed by atoms with Crippen molar-refractivity contribution in [1.82, 2.24) is 10.6 Å². The number of esters is 4. The number of aryl methyl sites for hydroxylation is 4. The average molecular weight is 1660 g/mol. The maximum atomic E-state index is 14.0. The van der Waals surface area contributed by atoms with Gasteiger partial charge in [0.25, 0.3) is 0 Å². The topological polar surface area (TPSA) is 275 Å². The number of carbonyl (C=O) groups is 8. The molecule has 6 aromatic carbocycles. The lowest BCUT2D eigenvalue weighted by Gasteiger charge is -2.43. The maximum absolute atomic E-state index is 14.0. The normalized spacial score (nSPS) is 18.1. The standard InChI is InChI=1S/2C41H41ClF3N2O9P/c2*1-22(48)11-12-24-20-30-35(31(42)33(24)55-38(51)39(2,3)4)54-34-27-10-8-17-47-16-7-9-23(32(27)47)19-29(34)40(30)28-21-25(13-14-26(28)36(49)56-40)57(52)53-18-6-5-15-46-37(50)41(43,44)45/h2*13-14,19-21H,5-12,15-18H2,1-4H3/p+2. The summed E-state index contributed by atoms with van der Waals surface area (Å²) in [6.45, 7) is 16.0. The van der Waals surface area contributed by atoms with Gasteiger partial charge in [-0.1, -0.05) is 23.2 Å². The number of hydrogen-bond acceptors (Lipinski definition) is 20. The molecule has 8 heterocycles. The van der Waals surface area contributed by atoms with E-state index in [9.17, 15) is 73.8 Å². The predicted molar refractivity (Wildman–Crippen MR) is 408 cm³/mol. The van der Waals surface area contributed by atoms with Crippen LogP contribution < -0.4 is 50.0 Å². The Labute approximate surface area is 664 Å². The second kappa shape index (κ2) is 32.2. The summed E-state index contributed by atoms with van der Waals surface area (Å²) < 4.78 is 152. The van der Waals surface area contributed by atoms with Crippen LogP contribution in [0.5, 0.6) is 34.5 Å². The minimum absolute atomic E-state index is 0.0345. The summed E-state index contributed by atoms with van der Waals surface area (Å²) in [7, 11) is -5.06. The lowest BCUT2D eigenvalue weighted by atomic mass is 9.74. The zero-order valence-corrected chi connectivity index (χ0v) is 67.2. The van der Waals surface area contributed by atoms with Crippen molar-refractivity contribution in [3.05, 3.63) is 149 Å². The summed E-state index contributed by atoms with van der Waals surface area (Å²) in [5.74, 6) is -5.48. The summed E-state index contributed by atoms with van der Waals surface area (Å²) in [6.07, 6.45) is -2.31. The molecule has 0 saturated carbocycles. The number of carbonyl (C=O) groups excluding carboxylic acids is 8. The minimum atomic E-state index is -4.99. The molecular formula is C82H84Cl2F6N4O18P2+2. The number of Topliss-reactive ketones (excluding diaryl/α,β-unsaturated/α-hetero) is 2. The summed E-state index contributed by atoms with van der Waals surface area (Å²) >= 11 is 14.5. The van der Waals surface area contributed by atoms with Crippen LogP contribution in [0.2, 0.25) is 10.0 Å². The van der Waals surface area contributed by atoms with Gasteiger partial charge in [0.15, 0.2) is 34.2 Å². The molecule has 2 N–H and O–H groups in total.